The van der Waals surface area contributed by atoms with Crippen LogP contribution < -0.4 is 15.4 Å². The normalized spacial score (nSPS) is 14.1. The van der Waals surface area contributed by atoms with Crippen molar-refractivity contribution < 1.29 is 9.47 Å². The van der Waals surface area contributed by atoms with Crippen molar-refractivity contribution in [3.63, 3.8) is 0 Å². The molecule has 2 aromatic heterocycles. The highest BCUT2D eigenvalue weighted by Gasteiger charge is 2.20. The van der Waals surface area contributed by atoms with E-state index in [1.54, 1.807) is 13.3 Å². The van der Waals surface area contributed by atoms with E-state index in [1.807, 2.05) is 36.4 Å². The Labute approximate surface area is 191 Å². The molecule has 0 saturated carbocycles. The molecule has 5 rings (SSSR count). The van der Waals surface area contributed by atoms with Crippen LogP contribution in [0.15, 0.2) is 54.7 Å². The highest BCUT2D eigenvalue weighted by atomic mass is 16.5. The van der Waals surface area contributed by atoms with Crippen LogP contribution in [-0.4, -0.2) is 41.3 Å². The molecule has 0 radical (unpaired) electrons. The number of nitriles is 1. The van der Waals surface area contributed by atoms with Crippen molar-refractivity contribution in [3.8, 4) is 22.9 Å². The van der Waals surface area contributed by atoms with E-state index in [2.05, 4.69) is 38.8 Å². The number of ether oxygens (including phenoxy) is 2. The number of hydrogen-bond acceptors (Lipinski definition) is 7. The molecular weight excluding hydrogens is 416 g/mol. The number of H-pyrrole nitrogens is 1. The molecule has 0 spiro atoms. The van der Waals surface area contributed by atoms with Gasteiger partial charge in [-0.1, -0.05) is 36.4 Å². The van der Waals surface area contributed by atoms with E-state index < -0.39 is 0 Å². The van der Waals surface area contributed by atoms with Crippen LogP contribution in [0.4, 0.5) is 17.5 Å². The SMILES string of the molecule is COc1cc(-c2ccccc2)ccc1Nc1nc(NC2CCOCC2)c2c(C#N)c[nH]c2n1. The molecule has 8 nitrogen and oxygen atoms in total. The average Bonchev–Trinajstić information content (AvgIpc) is 3.29. The van der Waals surface area contributed by atoms with Gasteiger partial charge >= 0.3 is 0 Å². The molecule has 0 unspecified atom stereocenters. The summed E-state index contributed by atoms with van der Waals surface area (Å²) in [6, 6.07) is 18.6. The van der Waals surface area contributed by atoms with E-state index in [1.165, 1.54) is 0 Å². The smallest absolute Gasteiger partial charge is 0.231 e. The van der Waals surface area contributed by atoms with Gasteiger partial charge in [-0.3, -0.25) is 0 Å². The molecule has 33 heavy (non-hydrogen) atoms. The van der Waals surface area contributed by atoms with Crippen LogP contribution in [0.3, 0.4) is 0 Å². The number of nitrogens with zero attached hydrogens (tertiary/aromatic N) is 3. The number of aromatic amines is 1. The van der Waals surface area contributed by atoms with Gasteiger partial charge in [0.2, 0.25) is 5.95 Å². The standard InChI is InChI=1S/C25H24N6O2/c1-32-21-13-17(16-5-3-2-4-6-16)7-8-20(21)29-25-30-23-22(18(14-26)15-27-23)24(31-25)28-19-9-11-33-12-10-19/h2-8,13,15,19H,9-12H2,1H3,(H3,27,28,29,30,31). The van der Waals surface area contributed by atoms with Crippen LogP contribution >= 0.6 is 0 Å². The average molecular weight is 441 g/mol. The molecular formula is C25H24N6O2. The first-order chi connectivity index (χ1) is 16.2. The maximum atomic E-state index is 9.54. The summed E-state index contributed by atoms with van der Waals surface area (Å²) in [5, 5.41) is 17.0. The molecule has 3 N–H and O–H groups in total. The van der Waals surface area contributed by atoms with Crippen LogP contribution in [0, 0.1) is 11.3 Å². The summed E-state index contributed by atoms with van der Waals surface area (Å²) in [5.74, 6) is 1.73. The van der Waals surface area contributed by atoms with E-state index in [0.717, 1.165) is 29.7 Å². The molecule has 0 atom stereocenters. The Morgan fingerprint density at radius 1 is 1.09 bits per heavy atom. The Morgan fingerprint density at radius 2 is 1.91 bits per heavy atom. The Balaban J connectivity index is 1.49. The molecule has 166 valence electrons. The molecule has 3 heterocycles. The monoisotopic (exact) mass is 440 g/mol. The second kappa shape index (κ2) is 9.18. The van der Waals surface area contributed by atoms with Gasteiger partial charge in [-0.25, -0.2) is 0 Å². The number of rotatable bonds is 6. The molecule has 0 bridgehead atoms. The molecule has 1 aliphatic rings. The van der Waals surface area contributed by atoms with E-state index in [-0.39, 0.29) is 6.04 Å². The van der Waals surface area contributed by atoms with Gasteiger partial charge in [0.05, 0.1) is 23.7 Å². The van der Waals surface area contributed by atoms with Crippen molar-refractivity contribution in [2.24, 2.45) is 0 Å². The van der Waals surface area contributed by atoms with E-state index in [4.69, 9.17) is 14.5 Å². The lowest BCUT2D eigenvalue weighted by Gasteiger charge is -2.24. The molecule has 1 aliphatic heterocycles. The van der Waals surface area contributed by atoms with Crippen LogP contribution in [-0.2, 0) is 4.74 Å². The number of methoxy groups -OCH3 is 1. The minimum atomic E-state index is 0.228. The number of aromatic nitrogens is 3. The van der Waals surface area contributed by atoms with Gasteiger partial charge in [-0.2, -0.15) is 15.2 Å². The topological polar surface area (TPSA) is 108 Å². The lowest BCUT2D eigenvalue weighted by atomic mass is 10.0. The number of fused-ring (bicyclic) bond motifs is 1. The lowest BCUT2D eigenvalue weighted by molar-refractivity contribution is 0.0904. The third-order valence-corrected chi connectivity index (χ3v) is 5.77. The largest absolute Gasteiger partial charge is 0.495 e. The maximum Gasteiger partial charge on any atom is 0.231 e. The predicted molar refractivity (Wildman–Crippen MR) is 128 cm³/mol. The third-order valence-electron chi connectivity index (χ3n) is 5.77. The number of nitrogens with one attached hydrogen (secondary N) is 3. The van der Waals surface area contributed by atoms with Gasteiger partial charge in [-0.15, -0.1) is 0 Å². The zero-order valence-corrected chi connectivity index (χ0v) is 18.3. The fourth-order valence-electron chi connectivity index (χ4n) is 4.04. The van der Waals surface area contributed by atoms with Crippen molar-refractivity contribution in [1.82, 2.24) is 15.0 Å². The quantitative estimate of drug-likeness (QED) is 0.394. The zero-order chi connectivity index (χ0) is 22.6. The van der Waals surface area contributed by atoms with Gasteiger partial charge in [0.1, 0.15) is 23.3 Å². The van der Waals surface area contributed by atoms with Gasteiger partial charge < -0.3 is 25.1 Å². The van der Waals surface area contributed by atoms with Crippen molar-refractivity contribution in [2.75, 3.05) is 31.0 Å². The Morgan fingerprint density at radius 3 is 2.67 bits per heavy atom. The summed E-state index contributed by atoms with van der Waals surface area (Å²) in [4.78, 5) is 12.4. The molecule has 4 aromatic rings. The van der Waals surface area contributed by atoms with Crippen LogP contribution in [0.1, 0.15) is 18.4 Å². The van der Waals surface area contributed by atoms with Gasteiger partial charge in [-0.05, 0) is 36.1 Å². The van der Waals surface area contributed by atoms with Crippen molar-refractivity contribution in [1.29, 1.82) is 5.26 Å². The second-order valence-electron chi connectivity index (χ2n) is 7.87. The first-order valence-corrected chi connectivity index (χ1v) is 10.9. The second-order valence-corrected chi connectivity index (χ2v) is 7.87. The number of benzene rings is 2. The summed E-state index contributed by atoms with van der Waals surface area (Å²) in [5.41, 5.74) is 4.02. The Hall–Kier alpha value is -4.09. The Kier molecular flexibility index (Phi) is 5.79. The summed E-state index contributed by atoms with van der Waals surface area (Å²) in [6.07, 6.45) is 3.43. The maximum absolute atomic E-state index is 9.54. The number of anilines is 3. The number of hydrogen-bond donors (Lipinski definition) is 3. The van der Waals surface area contributed by atoms with E-state index in [0.29, 0.717) is 47.3 Å². The van der Waals surface area contributed by atoms with E-state index in [9.17, 15) is 5.26 Å². The van der Waals surface area contributed by atoms with Crippen LogP contribution in [0.2, 0.25) is 0 Å². The van der Waals surface area contributed by atoms with Crippen molar-refractivity contribution in [2.45, 2.75) is 18.9 Å². The molecule has 0 aliphatic carbocycles. The summed E-state index contributed by atoms with van der Waals surface area (Å²) in [7, 11) is 1.64. The molecule has 1 fully saturated rings. The first kappa shape index (κ1) is 20.8. The first-order valence-electron chi connectivity index (χ1n) is 10.9. The Bertz CT molecular complexity index is 1310. The van der Waals surface area contributed by atoms with Gasteiger partial charge in [0.25, 0.3) is 0 Å². The highest BCUT2D eigenvalue weighted by molar-refractivity contribution is 5.93. The fourth-order valence-corrected chi connectivity index (χ4v) is 4.04. The minimum absolute atomic E-state index is 0.228. The summed E-state index contributed by atoms with van der Waals surface area (Å²) >= 11 is 0. The fraction of sp³-hybridized carbons (Fsp3) is 0.240. The third kappa shape index (κ3) is 4.31. The zero-order valence-electron chi connectivity index (χ0n) is 18.3. The predicted octanol–water partition coefficient (Wildman–Crippen LogP) is 4.84. The van der Waals surface area contributed by atoms with Crippen molar-refractivity contribution in [3.05, 3.63) is 60.3 Å². The van der Waals surface area contributed by atoms with Gasteiger partial charge in [0, 0.05) is 25.5 Å². The molecule has 1 saturated heterocycles. The van der Waals surface area contributed by atoms with Crippen LogP contribution in [0.25, 0.3) is 22.2 Å². The van der Waals surface area contributed by atoms with E-state index >= 15 is 0 Å². The summed E-state index contributed by atoms with van der Waals surface area (Å²) < 4.78 is 11.1. The molecule has 2 aromatic carbocycles. The molecule has 0 amide bonds. The summed E-state index contributed by atoms with van der Waals surface area (Å²) in [6.45, 7) is 1.42. The van der Waals surface area contributed by atoms with Gasteiger partial charge in [0.15, 0.2) is 0 Å². The minimum Gasteiger partial charge on any atom is -0.495 e. The van der Waals surface area contributed by atoms with Crippen molar-refractivity contribution >= 4 is 28.5 Å². The van der Waals surface area contributed by atoms with Crippen LogP contribution in [0.5, 0.6) is 5.75 Å². The lowest BCUT2D eigenvalue weighted by Crippen LogP contribution is -2.28. The highest BCUT2D eigenvalue weighted by Crippen LogP contribution is 2.33. The molecule has 8 heteroatoms.